The van der Waals surface area contributed by atoms with Crippen LogP contribution in [-0.4, -0.2) is 43.8 Å². The van der Waals surface area contributed by atoms with Crippen LogP contribution in [0.3, 0.4) is 0 Å². The fourth-order valence-electron chi connectivity index (χ4n) is 5.77. The molecule has 1 fully saturated rings. The molecule has 5 rings (SSSR count). The number of nitrogens with one attached hydrogen (secondary N) is 1. The summed E-state index contributed by atoms with van der Waals surface area (Å²) >= 11 is 12.8. The van der Waals surface area contributed by atoms with Crippen molar-refractivity contribution >= 4 is 50.7 Å². The first-order valence-corrected chi connectivity index (χ1v) is 17.6. The van der Waals surface area contributed by atoms with Gasteiger partial charge < -0.3 is 10.2 Å². The van der Waals surface area contributed by atoms with Crippen molar-refractivity contribution in [1.82, 2.24) is 10.2 Å². The van der Waals surface area contributed by atoms with Gasteiger partial charge in [0.05, 0.1) is 10.6 Å². The molecule has 0 bridgehead atoms. The number of carbonyl (C=O) groups is 2. The van der Waals surface area contributed by atoms with E-state index >= 15 is 0 Å². The first kappa shape index (κ1) is 33.5. The smallest absolute Gasteiger partial charge is 0.264 e. The topological polar surface area (TPSA) is 86.8 Å². The van der Waals surface area contributed by atoms with Crippen molar-refractivity contribution in [3.63, 3.8) is 0 Å². The average molecular weight is 679 g/mol. The number of sulfonamides is 1. The second-order valence-electron chi connectivity index (χ2n) is 11.5. The first-order chi connectivity index (χ1) is 22.2. The van der Waals surface area contributed by atoms with Gasteiger partial charge in [0, 0.05) is 29.1 Å². The molecular formula is C36H37Cl2N3O4S. The van der Waals surface area contributed by atoms with E-state index in [1.165, 1.54) is 17.0 Å². The molecule has 4 aromatic carbocycles. The van der Waals surface area contributed by atoms with Gasteiger partial charge in [-0.25, -0.2) is 8.42 Å². The van der Waals surface area contributed by atoms with E-state index in [1.54, 1.807) is 66.7 Å². The van der Waals surface area contributed by atoms with E-state index in [0.29, 0.717) is 21.3 Å². The standard InChI is InChI=1S/C36H37Cl2N3O4S/c37-29-22-21-28(33(38)24-29)25-40(34(23-27-13-5-1-6-14-27)36(43)39-30-15-7-2-8-16-30)35(42)26-41(31-17-9-3-10-18-31)46(44,45)32-19-11-4-12-20-32/h1,3-6,9-14,17-22,24,30,34H,2,7-8,15-16,23,25-26H2,(H,39,43)/t34-/m1/s1. The molecule has 4 aromatic rings. The highest BCUT2D eigenvalue weighted by molar-refractivity contribution is 7.92. The maximum atomic E-state index is 14.6. The van der Waals surface area contributed by atoms with Gasteiger partial charge in [0.2, 0.25) is 11.8 Å². The molecule has 0 aliphatic heterocycles. The predicted octanol–water partition coefficient (Wildman–Crippen LogP) is 7.28. The van der Waals surface area contributed by atoms with Crippen LogP contribution >= 0.6 is 23.2 Å². The van der Waals surface area contributed by atoms with E-state index in [0.717, 1.165) is 42.0 Å². The van der Waals surface area contributed by atoms with Crippen LogP contribution in [0.25, 0.3) is 0 Å². The molecule has 0 unspecified atom stereocenters. The van der Waals surface area contributed by atoms with Crippen molar-refractivity contribution in [1.29, 1.82) is 0 Å². The summed E-state index contributed by atoms with van der Waals surface area (Å²) < 4.78 is 29.2. The fourth-order valence-corrected chi connectivity index (χ4v) is 7.68. The number of anilines is 1. The van der Waals surface area contributed by atoms with Gasteiger partial charge in [0.15, 0.2) is 0 Å². The summed E-state index contributed by atoms with van der Waals surface area (Å²) in [6, 6.07) is 30.0. The van der Waals surface area contributed by atoms with Crippen molar-refractivity contribution in [2.75, 3.05) is 10.8 Å². The van der Waals surface area contributed by atoms with Crippen LogP contribution in [0.5, 0.6) is 0 Å². The Kier molecular flexibility index (Phi) is 11.4. The minimum atomic E-state index is -4.16. The number of rotatable bonds is 12. The largest absolute Gasteiger partial charge is 0.352 e. The Bertz CT molecular complexity index is 1720. The molecule has 10 heteroatoms. The highest BCUT2D eigenvalue weighted by atomic mass is 35.5. The zero-order chi connectivity index (χ0) is 32.5. The Morgan fingerprint density at radius 2 is 1.41 bits per heavy atom. The third kappa shape index (κ3) is 8.49. The Balaban J connectivity index is 1.56. The van der Waals surface area contributed by atoms with Crippen LogP contribution in [0.1, 0.15) is 43.2 Å². The lowest BCUT2D eigenvalue weighted by atomic mass is 9.94. The highest BCUT2D eigenvalue weighted by Crippen LogP contribution is 2.27. The Morgan fingerprint density at radius 1 is 0.804 bits per heavy atom. The van der Waals surface area contributed by atoms with Gasteiger partial charge in [-0.3, -0.25) is 13.9 Å². The second kappa shape index (κ2) is 15.6. The van der Waals surface area contributed by atoms with E-state index in [-0.39, 0.29) is 29.8 Å². The van der Waals surface area contributed by atoms with Crippen molar-refractivity contribution in [3.8, 4) is 0 Å². The van der Waals surface area contributed by atoms with Crippen LogP contribution in [0.4, 0.5) is 5.69 Å². The first-order valence-electron chi connectivity index (χ1n) is 15.4. The highest BCUT2D eigenvalue weighted by Gasteiger charge is 2.35. The van der Waals surface area contributed by atoms with Crippen LogP contribution < -0.4 is 9.62 Å². The van der Waals surface area contributed by atoms with Crippen molar-refractivity contribution in [2.24, 2.45) is 0 Å². The summed E-state index contributed by atoms with van der Waals surface area (Å²) in [5, 5.41) is 3.98. The second-order valence-corrected chi connectivity index (χ2v) is 14.2. The molecule has 46 heavy (non-hydrogen) atoms. The van der Waals surface area contributed by atoms with Gasteiger partial charge in [0.25, 0.3) is 10.0 Å². The van der Waals surface area contributed by atoms with Gasteiger partial charge in [-0.1, -0.05) is 115 Å². The van der Waals surface area contributed by atoms with Gasteiger partial charge in [-0.2, -0.15) is 0 Å². The minimum Gasteiger partial charge on any atom is -0.352 e. The maximum absolute atomic E-state index is 14.6. The number of carbonyl (C=O) groups excluding carboxylic acids is 2. The van der Waals surface area contributed by atoms with Crippen molar-refractivity contribution in [3.05, 3.63) is 130 Å². The van der Waals surface area contributed by atoms with E-state index in [1.807, 2.05) is 30.3 Å². The SMILES string of the molecule is O=C(NC1CCCCC1)[C@@H](Cc1ccccc1)N(Cc1ccc(Cl)cc1Cl)C(=O)CN(c1ccccc1)S(=O)(=O)c1ccccc1. The molecular weight excluding hydrogens is 641 g/mol. The average Bonchev–Trinajstić information content (AvgIpc) is 3.07. The maximum Gasteiger partial charge on any atom is 0.264 e. The van der Waals surface area contributed by atoms with Crippen LogP contribution in [0.2, 0.25) is 10.0 Å². The number of benzene rings is 4. The zero-order valence-electron chi connectivity index (χ0n) is 25.4. The number of hydrogen-bond acceptors (Lipinski definition) is 4. The van der Waals surface area contributed by atoms with Crippen LogP contribution in [0.15, 0.2) is 114 Å². The lowest BCUT2D eigenvalue weighted by molar-refractivity contribution is -0.140. The van der Waals surface area contributed by atoms with Crippen molar-refractivity contribution < 1.29 is 18.0 Å². The quantitative estimate of drug-likeness (QED) is 0.171. The third-order valence-electron chi connectivity index (χ3n) is 8.23. The normalized spacial score (nSPS) is 14.3. The molecule has 0 spiro atoms. The van der Waals surface area contributed by atoms with E-state index in [9.17, 15) is 18.0 Å². The number of hydrogen-bond donors (Lipinski definition) is 1. The van der Waals surface area contributed by atoms with Crippen LogP contribution in [-0.2, 0) is 32.6 Å². The molecule has 240 valence electrons. The van der Waals surface area contributed by atoms with Gasteiger partial charge in [0.1, 0.15) is 12.6 Å². The number of para-hydroxylation sites is 1. The molecule has 1 atom stereocenters. The van der Waals surface area contributed by atoms with Gasteiger partial charge in [-0.05, 0) is 60.4 Å². The predicted molar refractivity (Wildman–Crippen MR) is 183 cm³/mol. The molecule has 1 saturated carbocycles. The molecule has 7 nitrogen and oxygen atoms in total. The number of halogens is 2. The summed E-state index contributed by atoms with van der Waals surface area (Å²) in [6.07, 6.45) is 5.16. The lowest BCUT2D eigenvalue weighted by Crippen LogP contribution is -2.55. The molecule has 1 aliphatic carbocycles. The fraction of sp³-hybridized carbons (Fsp3) is 0.278. The van der Waals surface area contributed by atoms with E-state index in [4.69, 9.17) is 23.2 Å². The summed E-state index contributed by atoms with van der Waals surface area (Å²) in [5.41, 5.74) is 1.78. The van der Waals surface area contributed by atoms with Gasteiger partial charge >= 0.3 is 0 Å². The van der Waals surface area contributed by atoms with E-state index < -0.39 is 28.5 Å². The summed E-state index contributed by atoms with van der Waals surface area (Å²) in [6.45, 7) is -0.563. The summed E-state index contributed by atoms with van der Waals surface area (Å²) in [5.74, 6) is -0.833. The van der Waals surface area contributed by atoms with Gasteiger partial charge in [-0.15, -0.1) is 0 Å². The monoisotopic (exact) mass is 677 g/mol. The van der Waals surface area contributed by atoms with E-state index in [2.05, 4.69) is 5.32 Å². The summed E-state index contributed by atoms with van der Waals surface area (Å²) in [7, 11) is -4.16. The molecule has 0 radical (unpaired) electrons. The lowest BCUT2D eigenvalue weighted by Gasteiger charge is -2.35. The molecule has 1 N–H and O–H groups in total. The molecule has 1 aliphatic rings. The molecule has 2 amide bonds. The number of nitrogens with zero attached hydrogens (tertiary/aromatic N) is 2. The molecule has 0 aromatic heterocycles. The number of amides is 2. The zero-order valence-corrected chi connectivity index (χ0v) is 27.7. The minimum absolute atomic E-state index is 0.00914. The Labute approximate surface area is 281 Å². The molecule has 0 heterocycles. The van der Waals surface area contributed by atoms with Crippen LogP contribution in [0, 0.1) is 0 Å². The van der Waals surface area contributed by atoms with Crippen molar-refractivity contribution in [2.45, 2.75) is 62.0 Å². The Hall–Kier alpha value is -3.85. The molecule has 0 saturated heterocycles. The summed E-state index contributed by atoms with van der Waals surface area (Å²) in [4.78, 5) is 30.3. The Morgan fingerprint density at radius 3 is 2.04 bits per heavy atom. The third-order valence-corrected chi connectivity index (χ3v) is 10.6.